The molecule has 0 saturated heterocycles. The fraction of sp³-hybridized carbons (Fsp3) is 0.364. The van der Waals surface area contributed by atoms with Gasteiger partial charge in [-0.1, -0.05) is 23.2 Å². The SMILES string of the molecule is CC(NC(=O)c1cc(Cl)cc(Br)c1NC(=O)C1CC(OS(C)(=O)=O)=NN1c1ncccc1Cl)C1CC1. The Balaban J connectivity index is 1.63. The van der Waals surface area contributed by atoms with Gasteiger partial charge in [-0.3, -0.25) is 9.59 Å². The van der Waals surface area contributed by atoms with Gasteiger partial charge in [0.1, 0.15) is 6.04 Å². The number of hydrazone groups is 1. The zero-order valence-electron chi connectivity index (χ0n) is 19.2. The van der Waals surface area contributed by atoms with E-state index < -0.39 is 22.1 Å². The molecule has 2 aromatic rings. The van der Waals surface area contributed by atoms with Crippen molar-refractivity contribution in [2.45, 2.75) is 38.3 Å². The van der Waals surface area contributed by atoms with E-state index >= 15 is 0 Å². The van der Waals surface area contributed by atoms with Gasteiger partial charge in [-0.25, -0.2) is 9.99 Å². The number of carbonyl (C=O) groups excluding carboxylic acids is 2. The number of halogens is 3. The number of benzene rings is 1. The Morgan fingerprint density at radius 3 is 2.64 bits per heavy atom. The second-order valence-corrected chi connectivity index (χ2v) is 11.8. The molecule has 2 amide bonds. The van der Waals surface area contributed by atoms with Gasteiger partial charge >= 0.3 is 10.1 Å². The minimum atomic E-state index is -3.89. The summed E-state index contributed by atoms with van der Waals surface area (Å²) in [5, 5.41) is 11.5. The lowest BCUT2D eigenvalue weighted by Gasteiger charge is -2.23. The van der Waals surface area contributed by atoms with E-state index in [0.29, 0.717) is 15.4 Å². The highest BCUT2D eigenvalue weighted by Gasteiger charge is 2.38. The first-order valence-electron chi connectivity index (χ1n) is 10.9. The first-order chi connectivity index (χ1) is 16.9. The van der Waals surface area contributed by atoms with Crippen LogP contribution in [0.25, 0.3) is 0 Å². The van der Waals surface area contributed by atoms with E-state index in [-0.39, 0.29) is 46.4 Å². The highest BCUT2D eigenvalue weighted by Crippen LogP contribution is 2.35. The molecule has 2 heterocycles. The molecule has 4 rings (SSSR count). The third-order valence-electron chi connectivity index (χ3n) is 5.62. The topological polar surface area (TPSA) is 130 Å². The third-order valence-corrected chi connectivity index (χ3v) is 7.26. The minimum absolute atomic E-state index is 0.0282. The first kappa shape index (κ1) is 26.6. The molecule has 0 bridgehead atoms. The van der Waals surface area contributed by atoms with E-state index in [4.69, 9.17) is 27.4 Å². The second-order valence-electron chi connectivity index (χ2n) is 8.55. The maximum absolute atomic E-state index is 13.5. The average Bonchev–Trinajstić information content (AvgIpc) is 3.56. The van der Waals surface area contributed by atoms with Gasteiger partial charge in [0.25, 0.3) is 5.91 Å². The molecule has 36 heavy (non-hydrogen) atoms. The van der Waals surface area contributed by atoms with Crippen molar-refractivity contribution < 1.29 is 22.2 Å². The molecule has 1 fully saturated rings. The molecule has 0 spiro atoms. The second kappa shape index (κ2) is 10.5. The van der Waals surface area contributed by atoms with Crippen LogP contribution in [0.1, 0.15) is 36.5 Å². The van der Waals surface area contributed by atoms with Crippen molar-refractivity contribution >= 4 is 78.5 Å². The van der Waals surface area contributed by atoms with Crippen LogP contribution in [-0.4, -0.2) is 49.5 Å². The zero-order valence-corrected chi connectivity index (χ0v) is 23.1. The summed E-state index contributed by atoms with van der Waals surface area (Å²) in [6, 6.07) is 5.08. The van der Waals surface area contributed by atoms with Crippen LogP contribution in [0.15, 0.2) is 40.0 Å². The number of hydrogen-bond acceptors (Lipinski definition) is 8. The van der Waals surface area contributed by atoms with E-state index in [0.717, 1.165) is 19.1 Å². The van der Waals surface area contributed by atoms with Crippen molar-refractivity contribution in [2.75, 3.05) is 16.6 Å². The molecule has 2 aliphatic rings. The summed E-state index contributed by atoms with van der Waals surface area (Å²) in [5.74, 6) is -0.625. The number of nitrogens with zero attached hydrogens (tertiary/aromatic N) is 3. The Morgan fingerprint density at radius 2 is 2.00 bits per heavy atom. The van der Waals surface area contributed by atoms with Crippen LogP contribution in [0.4, 0.5) is 11.5 Å². The molecule has 2 unspecified atom stereocenters. The Morgan fingerprint density at radius 1 is 1.28 bits per heavy atom. The standard InChI is InChI=1S/C22H22BrCl2N5O5S/c1-11(12-5-6-12)27-21(31)14-8-13(24)9-15(23)19(14)28-22(32)17-10-18(35-36(2,33)34)29-30(17)20-16(25)4-3-7-26-20/h3-4,7-9,11-12,17H,5-6,10H2,1-2H3,(H,27,31)(H,28,32). The van der Waals surface area contributed by atoms with E-state index in [2.05, 4.69) is 36.6 Å². The third kappa shape index (κ3) is 6.28. The number of amides is 2. The van der Waals surface area contributed by atoms with Crippen molar-refractivity contribution in [1.29, 1.82) is 0 Å². The van der Waals surface area contributed by atoms with Gasteiger partial charge in [0.15, 0.2) is 5.82 Å². The number of carbonyl (C=O) groups is 2. The van der Waals surface area contributed by atoms with Gasteiger partial charge in [0.05, 0.1) is 29.0 Å². The smallest absolute Gasteiger partial charge is 0.307 e. The maximum Gasteiger partial charge on any atom is 0.307 e. The molecule has 0 radical (unpaired) electrons. The Hall–Kier alpha value is -2.41. The Kier molecular flexibility index (Phi) is 7.79. The van der Waals surface area contributed by atoms with Gasteiger partial charge < -0.3 is 14.8 Å². The number of anilines is 2. The van der Waals surface area contributed by atoms with Crippen LogP contribution in [-0.2, 0) is 19.1 Å². The average molecular weight is 619 g/mol. The van der Waals surface area contributed by atoms with Crippen molar-refractivity contribution in [2.24, 2.45) is 11.0 Å². The van der Waals surface area contributed by atoms with Gasteiger partial charge in [-0.2, -0.15) is 8.42 Å². The summed E-state index contributed by atoms with van der Waals surface area (Å²) in [6.07, 6.45) is 4.25. The van der Waals surface area contributed by atoms with Crippen molar-refractivity contribution in [3.05, 3.63) is 50.5 Å². The summed E-state index contributed by atoms with van der Waals surface area (Å²) in [5.41, 5.74) is 0.374. The minimum Gasteiger partial charge on any atom is -0.365 e. The van der Waals surface area contributed by atoms with E-state index in [1.165, 1.54) is 17.3 Å². The monoisotopic (exact) mass is 617 g/mol. The number of hydrogen-bond donors (Lipinski definition) is 2. The van der Waals surface area contributed by atoms with Crippen molar-refractivity contribution in [3.8, 4) is 0 Å². The van der Waals surface area contributed by atoms with Crippen LogP contribution < -0.4 is 15.6 Å². The van der Waals surface area contributed by atoms with E-state index in [1.807, 2.05) is 6.92 Å². The van der Waals surface area contributed by atoms with Crippen molar-refractivity contribution in [1.82, 2.24) is 10.3 Å². The van der Waals surface area contributed by atoms with Crippen LogP contribution in [0.2, 0.25) is 10.0 Å². The molecule has 1 aromatic carbocycles. The molecule has 2 N–H and O–H groups in total. The summed E-state index contributed by atoms with van der Waals surface area (Å²) in [6.45, 7) is 1.93. The Bertz CT molecular complexity index is 1350. The molecular formula is C22H22BrCl2N5O5S. The fourth-order valence-electron chi connectivity index (χ4n) is 3.74. The van der Waals surface area contributed by atoms with Gasteiger partial charge in [0.2, 0.25) is 11.8 Å². The van der Waals surface area contributed by atoms with E-state index in [9.17, 15) is 18.0 Å². The quantitative estimate of drug-likeness (QED) is 0.445. The summed E-state index contributed by atoms with van der Waals surface area (Å²) >= 11 is 15.8. The predicted octanol–water partition coefficient (Wildman–Crippen LogP) is 4.19. The fourth-order valence-corrected chi connectivity index (χ4v) is 5.31. The number of nitrogens with one attached hydrogen (secondary N) is 2. The highest BCUT2D eigenvalue weighted by molar-refractivity contribution is 9.10. The number of pyridine rings is 1. The molecule has 192 valence electrons. The van der Waals surface area contributed by atoms with Gasteiger partial charge in [-0.05, 0) is 65.9 Å². The molecule has 14 heteroatoms. The molecule has 10 nitrogen and oxygen atoms in total. The number of rotatable bonds is 7. The predicted molar refractivity (Wildman–Crippen MR) is 141 cm³/mol. The van der Waals surface area contributed by atoms with Gasteiger partial charge in [-0.15, -0.1) is 5.10 Å². The summed E-state index contributed by atoms with van der Waals surface area (Å²) in [7, 11) is -3.89. The van der Waals surface area contributed by atoms with E-state index in [1.54, 1.807) is 18.2 Å². The largest absolute Gasteiger partial charge is 0.365 e. The molecule has 1 aliphatic heterocycles. The normalized spacial score (nSPS) is 18.4. The van der Waals surface area contributed by atoms with Crippen LogP contribution in [0, 0.1) is 5.92 Å². The van der Waals surface area contributed by atoms with Crippen LogP contribution in [0.3, 0.4) is 0 Å². The van der Waals surface area contributed by atoms with Crippen LogP contribution in [0.5, 0.6) is 0 Å². The Labute approximate surface area is 226 Å². The lowest BCUT2D eigenvalue weighted by atomic mass is 10.1. The first-order valence-corrected chi connectivity index (χ1v) is 14.3. The zero-order chi connectivity index (χ0) is 26.2. The summed E-state index contributed by atoms with van der Waals surface area (Å²) < 4.78 is 28.7. The molecular weight excluding hydrogens is 597 g/mol. The number of aromatic nitrogens is 1. The molecule has 1 aliphatic carbocycles. The molecule has 1 aromatic heterocycles. The lowest BCUT2D eigenvalue weighted by Crippen LogP contribution is -2.40. The van der Waals surface area contributed by atoms with Gasteiger partial charge in [0, 0.05) is 21.7 Å². The molecule has 2 atom stereocenters. The molecule has 1 saturated carbocycles. The lowest BCUT2D eigenvalue weighted by molar-refractivity contribution is -0.117. The maximum atomic E-state index is 13.5. The summed E-state index contributed by atoms with van der Waals surface area (Å²) in [4.78, 5) is 30.7. The van der Waals surface area contributed by atoms with Crippen LogP contribution >= 0.6 is 39.1 Å². The van der Waals surface area contributed by atoms with Crippen molar-refractivity contribution in [3.63, 3.8) is 0 Å². The highest BCUT2D eigenvalue weighted by atomic mass is 79.9.